The third-order valence-corrected chi connectivity index (χ3v) is 4.09. The fraction of sp³-hybridized carbons (Fsp3) is 0.188. The van der Waals surface area contributed by atoms with Crippen LogP contribution in [0.3, 0.4) is 0 Å². The van der Waals surface area contributed by atoms with E-state index in [9.17, 15) is 4.79 Å². The molecular weight excluding hydrogens is 286 g/mol. The molecule has 1 aliphatic heterocycles. The quantitative estimate of drug-likeness (QED) is 0.833. The number of aliphatic hydroxyl groups excluding tert-OH is 1. The van der Waals surface area contributed by atoms with Gasteiger partial charge < -0.3 is 15.2 Å². The summed E-state index contributed by atoms with van der Waals surface area (Å²) in [6.07, 6.45) is 0. The van der Waals surface area contributed by atoms with Gasteiger partial charge in [0.2, 0.25) is 0 Å². The van der Waals surface area contributed by atoms with Crippen molar-refractivity contribution >= 4 is 17.2 Å². The first-order valence-electron chi connectivity index (χ1n) is 6.49. The second-order valence-corrected chi connectivity index (χ2v) is 5.41. The van der Waals surface area contributed by atoms with E-state index in [1.807, 2.05) is 29.6 Å². The van der Waals surface area contributed by atoms with Gasteiger partial charge in [0.25, 0.3) is 5.91 Å². The van der Waals surface area contributed by atoms with E-state index in [1.54, 1.807) is 6.07 Å². The molecule has 2 N–H and O–H groups in total. The highest BCUT2D eigenvalue weighted by atomic mass is 32.1. The van der Waals surface area contributed by atoms with Crippen LogP contribution in [-0.2, 0) is 0 Å². The molecule has 1 aromatic heterocycles. The molecule has 0 saturated carbocycles. The van der Waals surface area contributed by atoms with Crippen LogP contribution in [0.4, 0.5) is 0 Å². The molecule has 106 valence electrons. The number of para-hydroxylation sites is 1. The van der Waals surface area contributed by atoms with Crippen LogP contribution < -0.4 is 10.1 Å². The monoisotopic (exact) mass is 299 g/mol. The summed E-state index contributed by atoms with van der Waals surface area (Å²) in [4.78, 5) is 12.9. The van der Waals surface area contributed by atoms with Crippen LogP contribution in [0.1, 0.15) is 26.8 Å². The van der Waals surface area contributed by atoms with Gasteiger partial charge in [-0.25, -0.2) is 0 Å². The molecule has 2 aromatic rings. The Balaban J connectivity index is 1.78. The molecule has 0 saturated heterocycles. The van der Waals surface area contributed by atoms with Gasteiger partial charge in [-0.05, 0) is 17.5 Å². The lowest BCUT2D eigenvalue weighted by Gasteiger charge is -2.11. The number of hydrogen-bond acceptors (Lipinski definition) is 4. The smallest absolute Gasteiger partial charge is 0.263 e. The van der Waals surface area contributed by atoms with Gasteiger partial charge in [-0.15, -0.1) is 11.3 Å². The Hall–Kier alpha value is -2.29. The van der Waals surface area contributed by atoms with Gasteiger partial charge in [-0.1, -0.05) is 30.0 Å². The number of carbonyl (C=O) groups excluding carboxylic acids is 1. The van der Waals surface area contributed by atoms with Crippen molar-refractivity contribution in [1.29, 1.82) is 0 Å². The predicted octanol–water partition coefficient (Wildman–Crippen LogP) is 1.96. The third-order valence-electron chi connectivity index (χ3n) is 3.18. The highest BCUT2D eigenvalue weighted by Crippen LogP contribution is 2.32. The van der Waals surface area contributed by atoms with Crippen molar-refractivity contribution in [3.63, 3.8) is 0 Å². The maximum absolute atomic E-state index is 12.4. The summed E-state index contributed by atoms with van der Waals surface area (Å²) in [6.45, 7) is 0.217. The molecule has 3 rings (SSSR count). The molecule has 1 amide bonds. The molecule has 0 spiro atoms. The average Bonchev–Trinajstić information content (AvgIpc) is 3.12. The highest BCUT2D eigenvalue weighted by molar-refractivity contribution is 7.12. The van der Waals surface area contributed by atoms with Crippen molar-refractivity contribution in [3.8, 4) is 17.6 Å². The number of rotatable bonds is 2. The first-order valence-corrected chi connectivity index (χ1v) is 7.37. The van der Waals surface area contributed by atoms with Crippen LogP contribution in [0, 0.1) is 11.8 Å². The summed E-state index contributed by atoms with van der Waals surface area (Å²) in [7, 11) is 0. The first-order chi connectivity index (χ1) is 10.3. The van der Waals surface area contributed by atoms with E-state index in [0.717, 1.165) is 11.3 Å². The van der Waals surface area contributed by atoms with Crippen LogP contribution in [0.15, 0.2) is 35.7 Å². The number of nitrogens with one attached hydrogen (secondary N) is 1. The minimum Gasteiger partial charge on any atom is -0.491 e. The molecule has 1 aliphatic rings. The number of aliphatic hydroxyl groups is 1. The fourth-order valence-corrected chi connectivity index (χ4v) is 2.98. The van der Waals surface area contributed by atoms with Crippen molar-refractivity contribution in [2.24, 2.45) is 0 Å². The molecule has 0 radical (unpaired) electrons. The number of hydrogen-bond donors (Lipinski definition) is 2. The van der Waals surface area contributed by atoms with E-state index in [4.69, 9.17) is 9.84 Å². The van der Waals surface area contributed by atoms with E-state index in [0.29, 0.717) is 17.0 Å². The Morgan fingerprint density at radius 1 is 1.43 bits per heavy atom. The second-order valence-electron chi connectivity index (χ2n) is 4.50. The Labute approximate surface area is 126 Å². The van der Waals surface area contributed by atoms with Gasteiger partial charge in [-0.3, -0.25) is 4.79 Å². The highest BCUT2D eigenvalue weighted by Gasteiger charge is 2.26. The summed E-state index contributed by atoms with van der Waals surface area (Å²) in [5.41, 5.74) is 1.63. The summed E-state index contributed by atoms with van der Waals surface area (Å²) in [6, 6.07) is 9.32. The topological polar surface area (TPSA) is 58.6 Å². The van der Waals surface area contributed by atoms with Crippen molar-refractivity contribution < 1.29 is 14.6 Å². The zero-order chi connectivity index (χ0) is 14.7. The molecule has 2 heterocycles. The fourth-order valence-electron chi connectivity index (χ4n) is 2.22. The molecule has 4 nitrogen and oxygen atoms in total. The lowest BCUT2D eigenvalue weighted by atomic mass is 10.1. The van der Waals surface area contributed by atoms with Crippen molar-refractivity contribution in [2.45, 2.75) is 6.04 Å². The number of fused-ring (bicyclic) bond motifs is 1. The maximum Gasteiger partial charge on any atom is 0.263 e. The van der Waals surface area contributed by atoms with Crippen molar-refractivity contribution in [1.82, 2.24) is 5.32 Å². The average molecular weight is 299 g/mol. The lowest BCUT2D eigenvalue weighted by Crippen LogP contribution is -2.29. The number of thiophene rings is 1. The Morgan fingerprint density at radius 2 is 2.29 bits per heavy atom. The van der Waals surface area contributed by atoms with Gasteiger partial charge >= 0.3 is 0 Å². The van der Waals surface area contributed by atoms with E-state index in [-0.39, 0.29) is 18.6 Å². The summed E-state index contributed by atoms with van der Waals surface area (Å²) in [5, 5.41) is 13.5. The predicted molar refractivity (Wildman–Crippen MR) is 80.4 cm³/mol. The van der Waals surface area contributed by atoms with Crippen molar-refractivity contribution in [3.05, 3.63) is 51.7 Å². The standard InChI is InChI=1S/C16H13NO3S/c18-8-3-4-11-7-9-21-15(11)16(19)17-13-10-20-14-6-2-1-5-12(13)14/h1-2,5-7,9,13,18H,8,10H2,(H,17,19). The first kappa shape index (κ1) is 13.7. The molecule has 0 fully saturated rings. The van der Waals surface area contributed by atoms with Gasteiger partial charge in [0.05, 0.1) is 6.04 Å². The molecule has 0 bridgehead atoms. The normalized spacial score (nSPS) is 15.6. The van der Waals surface area contributed by atoms with Crippen molar-refractivity contribution in [2.75, 3.05) is 13.2 Å². The van der Waals surface area contributed by atoms with E-state index >= 15 is 0 Å². The molecule has 1 unspecified atom stereocenters. The summed E-state index contributed by atoms with van der Waals surface area (Å²) in [5.74, 6) is 5.99. The van der Waals surface area contributed by atoms with Crippen LogP contribution in [0.5, 0.6) is 5.75 Å². The van der Waals surface area contributed by atoms with Crippen LogP contribution in [0.25, 0.3) is 0 Å². The number of amides is 1. The largest absolute Gasteiger partial charge is 0.491 e. The molecular formula is C16H13NO3S. The van der Waals surface area contributed by atoms with Gasteiger partial charge in [0.15, 0.2) is 0 Å². The summed E-state index contributed by atoms with van der Waals surface area (Å²) < 4.78 is 5.55. The lowest BCUT2D eigenvalue weighted by molar-refractivity contribution is 0.0934. The molecule has 1 aromatic carbocycles. The molecule has 21 heavy (non-hydrogen) atoms. The number of ether oxygens (including phenoxy) is 1. The van der Waals surface area contributed by atoms with E-state index in [1.165, 1.54) is 11.3 Å². The van der Waals surface area contributed by atoms with Crippen LogP contribution in [0.2, 0.25) is 0 Å². The third kappa shape index (κ3) is 2.77. The molecule has 5 heteroatoms. The molecule has 0 aliphatic carbocycles. The SMILES string of the molecule is O=C(NC1COc2ccccc21)c1sccc1C#CCO. The summed E-state index contributed by atoms with van der Waals surface area (Å²) >= 11 is 1.34. The van der Waals surface area contributed by atoms with Crippen LogP contribution in [-0.4, -0.2) is 24.2 Å². The van der Waals surface area contributed by atoms with Gasteiger partial charge in [0, 0.05) is 11.1 Å². The van der Waals surface area contributed by atoms with E-state index < -0.39 is 0 Å². The zero-order valence-electron chi connectivity index (χ0n) is 11.1. The Morgan fingerprint density at radius 3 is 3.14 bits per heavy atom. The Kier molecular flexibility index (Phi) is 3.91. The second kappa shape index (κ2) is 6.00. The number of carbonyl (C=O) groups is 1. The maximum atomic E-state index is 12.4. The van der Waals surface area contributed by atoms with E-state index in [2.05, 4.69) is 17.2 Å². The minimum absolute atomic E-state index is 0.144. The Bertz CT molecular complexity index is 726. The minimum atomic E-state index is -0.221. The van der Waals surface area contributed by atoms with Gasteiger partial charge in [0.1, 0.15) is 23.8 Å². The number of benzene rings is 1. The zero-order valence-corrected chi connectivity index (χ0v) is 11.9. The van der Waals surface area contributed by atoms with Crippen LogP contribution >= 0.6 is 11.3 Å². The van der Waals surface area contributed by atoms with Gasteiger partial charge in [-0.2, -0.15) is 0 Å². The molecule has 1 atom stereocenters.